The Balaban J connectivity index is 1.93. The van der Waals surface area contributed by atoms with E-state index in [9.17, 15) is 4.79 Å². The molecule has 2 rings (SSSR count). The van der Waals surface area contributed by atoms with Crippen molar-refractivity contribution in [3.63, 3.8) is 0 Å². The smallest absolute Gasteiger partial charge is 0.273 e. The van der Waals surface area contributed by atoms with Gasteiger partial charge in [0.25, 0.3) is 5.91 Å². The van der Waals surface area contributed by atoms with Gasteiger partial charge in [-0.2, -0.15) is 0 Å². The lowest BCUT2D eigenvalue weighted by Gasteiger charge is -2.25. The van der Waals surface area contributed by atoms with Crippen LogP contribution in [0.25, 0.3) is 0 Å². The van der Waals surface area contributed by atoms with E-state index in [0.717, 1.165) is 19.3 Å². The standard InChI is InChI=1S/C13H21N3O2/c1-8(2)6-10(14)13-16-11(7-18-13)12(17)15-9-4-3-5-9/h7-10H,3-6,14H2,1-2H3,(H,15,17). The van der Waals surface area contributed by atoms with Crippen LogP contribution in [-0.4, -0.2) is 16.9 Å². The molecular weight excluding hydrogens is 230 g/mol. The van der Waals surface area contributed by atoms with Gasteiger partial charge in [-0.3, -0.25) is 4.79 Å². The first-order chi connectivity index (χ1) is 8.56. The molecule has 100 valence electrons. The highest BCUT2D eigenvalue weighted by molar-refractivity contribution is 5.92. The third-order valence-corrected chi connectivity index (χ3v) is 3.24. The third-order valence-electron chi connectivity index (χ3n) is 3.24. The number of carbonyl (C=O) groups excluding carboxylic acids is 1. The minimum Gasteiger partial charge on any atom is -0.446 e. The van der Waals surface area contributed by atoms with Crippen molar-refractivity contribution in [1.29, 1.82) is 0 Å². The van der Waals surface area contributed by atoms with E-state index in [0.29, 0.717) is 23.5 Å². The van der Waals surface area contributed by atoms with Crippen molar-refractivity contribution in [2.24, 2.45) is 11.7 Å². The second-order valence-electron chi connectivity index (χ2n) is 5.41. The summed E-state index contributed by atoms with van der Waals surface area (Å²) in [6.07, 6.45) is 5.49. The molecule has 1 amide bonds. The van der Waals surface area contributed by atoms with Gasteiger partial charge in [-0.05, 0) is 31.6 Å². The summed E-state index contributed by atoms with van der Waals surface area (Å²) in [6, 6.07) is 0.0669. The van der Waals surface area contributed by atoms with Crippen molar-refractivity contribution in [3.8, 4) is 0 Å². The summed E-state index contributed by atoms with van der Waals surface area (Å²) in [5.41, 5.74) is 6.29. The van der Waals surface area contributed by atoms with Crippen LogP contribution in [0.15, 0.2) is 10.7 Å². The summed E-state index contributed by atoms with van der Waals surface area (Å²) in [6.45, 7) is 4.18. The van der Waals surface area contributed by atoms with Crippen LogP contribution in [0.2, 0.25) is 0 Å². The quantitative estimate of drug-likeness (QED) is 0.838. The largest absolute Gasteiger partial charge is 0.446 e. The van der Waals surface area contributed by atoms with Crippen LogP contribution < -0.4 is 11.1 Å². The van der Waals surface area contributed by atoms with Crippen LogP contribution in [0.5, 0.6) is 0 Å². The zero-order chi connectivity index (χ0) is 13.1. The molecule has 18 heavy (non-hydrogen) atoms. The van der Waals surface area contributed by atoms with E-state index in [1.807, 2.05) is 0 Å². The number of aromatic nitrogens is 1. The van der Waals surface area contributed by atoms with E-state index < -0.39 is 0 Å². The van der Waals surface area contributed by atoms with E-state index in [2.05, 4.69) is 24.1 Å². The highest BCUT2D eigenvalue weighted by Gasteiger charge is 2.23. The summed E-state index contributed by atoms with van der Waals surface area (Å²) in [4.78, 5) is 16.0. The predicted molar refractivity (Wildman–Crippen MR) is 68.0 cm³/mol. The first-order valence-electron chi connectivity index (χ1n) is 6.58. The topological polar surface area (TPSA) is 81.1 Å². The number of hydrogen-bond acceptors (Lipinski definition) is 4. The van der Waals surface area contributed by atoms with E-state index in [4.69, 9.17) is 10.2 Å². The molecule has 5 heteroatoms. The van der Waals surface area contributed by atoms with Crippen LogP contribution in [0.1, 0.15) is 62.0 Å². The number of hydrogen-bond donors (Lipinski definition) is 2. The molecule has 0 bridgehead atoms. The number of nitrogens with one attached hydrogen (secondary N) is 1. The second-order valence-corrected chi connectivity index (χ2v) is 5.41. The average Bonchev–Trinajstić information content (AvgIpc) is 2.71. The molecule has 1 saturated carbocycles. The summed E-state index contributed by atoms with van der Waals surface area (Å²) in [5, 5.41) is 2.92. The number of nitrogens with zero attached hydrogens (tertiary/aromatic N) is 1. The maximum Gasteiger partial charge on any atom is 0.273 e. The maximum atomic E-state index is 11.8. The van der Waals surface area contributed by atoms with E-state index in [-0.39, 0.29) is 11.9 Å². The zero-order valence-electron chi connectivity index (χ0n) is 11.0. The van der Waals surface area contributed by atoms with Gasteiger partial charge in [0.2, 0.25) is 5.89 Å². The van der Waals surface area contributed by atoms with Crippen molar-refractivity contribution in [2.45, 2.75) is 51.6 Å². The Morgan fingerprint density at radius 2 is 2.33 bits per heavy atom. The molecule has 1 aromatic heterocycles. The molecule has 1 unspecified atom stereocenters. The van der Waals surface area contributed by atoms with Crippen molar-refractivity contribution in [1.82, 2.24) is 10.3 Å². The molecule has 1 aliphatic rings. The van der Waals surface area contributed by atoms with Gasteiger partial charge in [-0.1, -0.05) is 13.8 Å². The Bertz CT molecular complexity index is 410. The molecule has 1 heterocycles. The van der Waals surface area contributed by atoms with Crippen LogP contribution >= 0.6 is 0 Å². The van der Waals surface area contributed by atoms with Crippen molar-refractivity contribution < 1.29 is 9.21 Å². The highest BCUT2D eigenvalue weighted by Crippen LogP contribution is 2.20. The Hall–Kier alpha value is -1.36. The first kappa shape index (κ1) is 13.1. The second kappa shape index (κ2) is 5.52. The number of nitrogens with two attached hydrogens (primary N) is 1. The lowest BCUT2D eigenvalue weighted by atomic mass is 9.93. The fourth-order valence-electron chi connectivity index (χ4n) is 1.98. The molecule has 1 fully saturated rings. The molecule has 1 aliphatic carbocycles. The molecule has 5 nitrogen and oxygen atoms in total. The molecule has 0 aliphatic heterocycles. The van der Waals surface area contributed by atoms with Crippen molar-refractivity contribution in [3.05, 3.63) is 17.8 Å². The van der Waals surface area contributed by atoms with Gasteiger partial charge in [-0.25, -0.2) is 4.98 Å². The highest BCUT2D eigenvalue weighted by atomic mass is 16.3. The first-order valence-corrected chi connectivity index (χ1v) is 6.58. The molecule has 0 radical (unpaired) electrons. The third kappa shape index (κ3) is 3.10. The van der Waals surface area contributed by atoms with Gasteiger partial charge in [0.15, 0.2) is 5.69 Å². The maximum absolute atomic E-state index is 11.8. The number of rotatable bonds is 5. The fourth-order valence-corrected chi connectivity index (χ4v) is 1.98. The van der Waals surface area contributed by atoms with E-state index >= 15 is 0 Å². The number of amides is 1. The van der Waals surface area contributed by atoms with Gasteiger partial charge in [-0.15, -0.1) is 0 Å². The minimum atomic E-state index is -0.241. The van der Waals surface area contributed by atoms with Crippen LogP contribution in [0.3, 0.4) is 0 Å². The number of oxazole rings is 1. The van der Waals surface area contributed by atoms with Crippen molar-refractivity contribution in [2.75, 3.05) is 0 Å². The van der Waals surface area contributed by atoms with Gasteiger partial charge in [0, 0.05) is 6.04 Å². The van der Waals surface area contributed by atoms with Gasteiger partial charge in [0.1, 0.15) is 6.26 Å². The average molecular weight is 251 g/mol. The Morgan fingerprint density at radius 1 is 1.61 bits per heavy atom. The monoisotopic (exact) mass is 251 g/mol. The lowest BCUT2D eigenvalue weighted by molar-refractivity contribution is 0.0912. The lowest BCUT2D eigenvalue weighted by Crippen LogP contribution is -2.39. The van der Waals surface area contributed by atoms with E-state index in [1.165, 1.54) is 12.7 Å². The van der Waals surface area contributed by atoms with Gasteiger partial charge in [0.05, 0.1) is 6.04 Å². The number of carbonyl (C=O) groups is 1. The summed E-state index contributed by atoms with van der Waals surface area (Å²) < 4.78 is 5.28. The normalized spacial score (nSPS) is 17.6. The summed E-state index contributed by atoms with van der Waals surface area (Å²) in [7, 11) is 0. The van der Waals surface area contributed by atoms with E-state index in [1.54, 1.807) is 0 Å². The molecule has 0 spiro atoms. The Kier molecular flexibility index (Phi) is 4.01. The molecule has 1 atom stereocenters. The minimum absolute atomic E-state index is 0.161. The molecule has 0 aromatic carbocycles. The fraction of sp³-hybridized carbons (Fsp3) is 0.692. The van der Waals surface area contributed by atoms with Crippen molar-refractivity contribution >= 4 is 5.91 Å². The van der Waals surface area contributed by atoms with Crippen LogP contribution in [0.4, 0.5) is 0 Å². The Morgan fingerprint density at radius 3 is 2.89 bits per heavy atom. The summed E-state index contributed by atoms with van der Waals surface area (Å²) >= 11 is 0. The zero-order valence-corrected chi connectivity index (χ0v) is 11.0. The Labute approximate surface area is 107 Å². The van der Waals surface area contributed by atoms with Gasteiger partial charge < -0.3 is 15.5 Å². The summed E-state index contributed by atoms with van der Waals surface area (Å²) in [5.74, 6) is 0.757. The van der Waals surface area contributed by atoms with Crippen LogP contribution in [-0.2, 0) is 0 Å². The molecule has 1 aromatic rings. The van der Waals surface area contributed by atoms with Gasteiger partial charge >= 0.3 is 0 Å². The molecule has 0 saturated heterocycles. The van der Waals surface area contributed by atoms with Crippen LogP contribution in [0, 0.1) is 5.92 Å². The SMILES string of the molecule is CC(C)CC(N)c1nc(C(=O)NC2CCC2)co1. The molecule has 3 N–H and O–H groups in total. The molecular formula is C13H21N3O2. The predicted octanol–water partition coefficient (Wildman–Crippen LogP) is 2.00.